The van der Waals surface area contributed by atoms with Crippen LogP contribution in [0.1, 0.15) is 0 Å². The van der Waals surface area contributed by atoms with Gasteiger partial charge < -0.3 is 10.2 Å². The molecule has 1 rings (SSSR count). The molecule has 0 radical (unpaired) electrons. The third-order valence-electron chi connectivity index (χ3n) is 1.16. The van der Waals surface area contributed by atoms with Gasteiger partial charge in [0.05, 0.1) is 0 Å². The van der Waals surface area contributed by atoms with Crippen molar-refractivity contribution in [3.63, 3.8) is 0 Å². The Balaban J connectivity index is 3.07. The molecule has 0 atom stereocenters. The van der Waals surface area contributed by atoms with Crippen LogP contribution < -0.4 is 0 Å². The van der Waals surface area contributed by atoms with Crippen LogP contribution in [0.15, 0.2) is 23.1 Å². The third kappa shape index (κ3) is 1.36. The SMILES string of the molecule is CSc1ccc(O)cc1O. The van der Waals surface area contributed by atoms with E-state index in [1.807, 2.05) is 6.26 Å². The highest BCUT2D eigenvalue weighted by molar-refractivity contribution is 7.98. The molecule has 1 aromatic rings. The van der Waals surface area contributed by atoms with E-state index in [2.05, 4.69) is 0 Å². The largest absolute Gasteiger partial charge is 0.508 e. The second-order valence-corrected chi connectivity index (χ2v) is 2.70. The summed E-state index contributed by atoms with van der Waals surface area (Å²) >= 11 is 1.44. The van der Waals surface area contributed by atoms with E-state index in [0.29, 0.717) is 0 Å². The number of hydrogen-bond donors (Lipinski definition) is 2. The van der Waals surface area contributed by atoms with Crippen molar-refractivity contribution in [2.75, 3.05) is 6.26 Å². The molecule has 0 amide bonds. The molecule has 0 bridgehead atoms. The Morgan fingerprint density at radius 2 is 2.00 bits per heavy atom. The molecule has 0 aliphatic carbocycles. The lowest BCUT2D eigenvalue weighted by Gasteiger charge is -1.99. The molecule has 10 heavy (non-hydrogen) atoms. The topological polar surface area (TPSA) is 40.5 Å². The van der Waals surface area contributed by atoms with Gasteiger partial charge in [-0.05, 0) is 18.4 Å². The van der Waals surface area contributed by atoms with Crippen molar-refractivity contribution in [2.45, 2.75) is 4.90 Å². The Labute approximate surface area is 63.5 Å². The molecule has 0 unspecified atom stereocenters. The van der Waals surface area contributed by atoms with Crippen LogP contribution in [0.25, 0.3) is 0 Å². The lowest BCUT2D eigenvalue weighted by atomic mass is 10.3. The van der Waals surface area contributed by atoms with E-state index in [9.17, 15) is 0 Å². The fraction of sp³-hybridized carbons (Fsp3) is 0.143. The predicted molar refractivity (Wildman–Crippen MR) is 41.6 cm³/mol. The van der Waals surface area contributed by atoms with E-state index in [1.54, 1.807) is 12.1 Å². The molecule has 0 heterocycles. The monoisotopic (exact) mass is 156 g/mol. The lowest BCUT2D eigenvalue weighted by Crippen LogP contribution is -1.71. The summed E-state index contributed by atoms with van der Waals surface area (Å²) in [5, 5.41) is 18.0. The number of aromatic hydroxyl groups is 2. The van der Waals surface area contributed by atoms with E-state index >= 15 is 0 Å². The summed E-state index contributed by atoms with van der Waals surface area (Å²) in [4.78, 5) is 0.776. The summed E-state index contributed by atoms with van der Waals surface area (Å²) in [6.45, 7) is 0. The van der Waals surface area contributed by atoms with Crippen molar-refractivity contribution in [1.29, 1.82) is 0 Å². The van der Waals surface area contributed by atoms with Gasteiger partial charge in [0, 0.05) is 11.0 Å². The van der Waals surface area contributed by atoms with E-state index in [0.717, 1.165) is 4.90 Å². The van der Waals surface area contributed by atoms with Crippen LogP contribution in [0, 0.1) is 0 Å². The fourth-order valence-electron chi connectivity index (χ4n) is 0.678. The molecule has 1 aromatic carbocycles. The van der Waals surface area contributed by atoms with Crippen molar-refractivity contribution in [1.82, 2.24) is 0 Å². The molecule has 3 heteroatoms. The molecule has 0 fully saturated rings. The van der Waals surface area contributed by atoms with Crippen LogP contribution in [-0.4, -0.2) is 16.5 Å². The number of phenols is 2. The van der Waals surface area contributed by atoms with Gasteiger partial charge in [0.2, 0.25) is 0 Å². The van der Waals surface area contributed by atoms with Gasteiger partial charge in [-0.1, -0.05) is 0 Å². The summed E-state index contributed by atoms with van der Waals surface area (Å²) in [5.41, 5.74) is 0. The molecule has 0 aromatic heterocycles. The molecule has 0 aliphatic heterocycles. The molecule has 2 N–H and O–H groups in total. The zero-order valence-corrected chi connectivity index (χ0v) is 6.35. The summed E-state index contributed by atoms with van der Waals surface area (Å²) < 4.78 is 0. The summed E-state index contributed by atoms with van der Waals surface area (Å²) in [7, 11) is 0. The van der Waals surface area contributed by atoms with Gasteiger partial charge in [-0.15, -0.1) is 11.8 Å². The van der Waals surface area contributed by atoms with E-state index in [4.69, 9.17) is 10.2 Å². The van der Waals surface area contributed by atoms with Gasteiger partial charge in [0.25, 0.3) is 0 Å². The Morgan fingerprint density at radius 3 is 2.50 bits per heavy atom. The Kier molecular flexibility index (Phi) is 2.06. The van der Waals surface area contributed by atoms with Crippen molar-refractivity contribution >= 4 is 11.8 Å². The number of hydrogen-bond acceptors (Lipinski definition) is 3. The summed E-state index contributed by atoms with van der Waals surface area (Å²) in [6.07, 6.45) is 1.87. The van der Waals surface area contributed by atoms with Crippen molar-refractivity contribution in [2.24, 2.45) is 0 Å². The number of benzene rings is 1. The van der Waals surface area contributed by atoms with Crippen LogP contribution in [-0.2, 0) is 0 Å². The van der Waals surface area contributed by atoms with E-state index in [1.165, 1.54) is 17.8 Å². The highest BCUT2D eigenvalue weighted by atomic mass is 32.2. The van der Waals surface area contributed by atoms with Gasteiger partial charge in [0.1, 0.15) is 11.5 Å². The first-order valence-corrected chi connectivity index (χ1v) is 4.02. The van der Waals surface area contributed by atoms with Crippen molar-refractivity contribution in [3.05, 3.63) is 18.2 Å². The van der Waals surface area contributed by atoms with E-state index in [-0.39, 0.29) is 11.5 Å². The first kappa shape index (κ1) is 7.28. The van der Waals surface area contributed by atoms with Crippen LogP contribution in [0.2, 0.25) is 0 Å². The second-order valence-electron chi connectivity index (χ2n) is 1.86. The first-order chi connectivity index (χ1) is 4.74. The highest BCUT2D eigenvalue weighted by Gasteiger charge is 1.98. The maximum absolute atomic E-state index is 9.11. The minimum Gasteiger partial charge on any atom is -0.508 e. The Bertz CT molecular complexity index is 235. The van der Waals surface area contributed by atoms with Gasteiger partial charge in [-0.25, -0.2) is 0 Å². The highest BCUT2D eigenvalue weighted by Crippen LogP contribution is 2.29. The Morgan fingerprint density at radius 1 is 1.30 bits per heavy atom. The first-order valence-electron chi connectivity index (χ1n) is 2.80. The zero-order chi connectivity index (χ0) is 7.56. The maximum atomic E-state index is 9.11. The van der Waals surface area contributed by atoms with Crippen LogP contribution in [0.5, 0.6) is 11.5 Å². The Hall–Kier alpha value is -0.830. The van der Waals surface area contributed by atoms with E-state index < -0.39 is 0 Å². The molecule has 54 valence electrons. The van der Waals surface area contributed by atoms with Gasteiger partial charge in [0.15, 0.2) is 0 Å². The predicted octanol–water partition coefficient (Wildman–Crippen LogP) is 1.82. The minimum atomic E-state index is 0.0929. The molecular weight excluding hydrogens is 148 g/mol. The number of phenolic OH excluding ortho intramolecular Hbond substituents is 2. The average Bonchev–Trinajstić information content (AvgIpc) is 1.88. The van der Waals surface area contributed by atoms with Crippen molar-refractivity contribution in [3.8, 4) is 11.5 Å². The molecule has 2 nitrogen and oxygen atoms in total. The smallest absolute Gasteiger partial charge is 0.132 e. The minimum absolute atomic E-state index is 0.0929. The third-order valence-corrected chi connectivity index (χ3v) is 1.95. The molecular formula is C7H8O2S. The molecule has 0 saturated heterocycles. The van der Waals surface area contributed by atoms with Crippen LogP contribution in [0.4, 0.5) is 0 Å². The molecule has 0 saturated carbocycles. The molecule has 0 aliphatic rings. The number of thioether (sulfide) groups is 1. The zero-order valence-electron chi connectivity index (χ0n) is 5.53. The van der Waals surface area contributed by atoms with Gasteiger partial charge in [-0.3, -0.25) is 0 Å². The summed E-state index contributed by atoms with van der Waals surface area (Å²) in [5.74, 6) is 0.225. The van der Waals surface area contributed by atoms with Crippen LogP contribution in [0.3, 0.4) is 0 Å². The average molecular weight is 156 g/mol. The van der Waals surface area contributed by atoms with Gasteiger partial charge in [-0.2, -0.15) is 0 Å². The quantitative estimate of drug-likeness (QED) is 0.609. The lowest BCUT2D eigenvalue weighted by molar-refractivity contribution is 0.442. The fourth-order valence-corrected chi connectivity index (χ4v) is 1.15. The molecule has 0 spiro atoms. The maximum Gasteiger partial charge on any atom is 0.132 e. The van der Waals surface area contributed by atoms with Crippen LogP contribution >= 0.6 is 11.8 Å². The number of rotatable bonds is 1. The van der Waals surface area contributed by atoms with Gasteiger partial charge >= 0.3 is 0 Å². The second kappa shape index (κ2) is 2.84. The van der Waals surface area contributed by atoms with Crippen molar-refractivity contribution < 1.29 is 10.2 Å². The standard InChI is InChI=1S/C7H8O2S/c1-10-7-3-2-5(8)4-6(7)9/h2-4,8-9H,1H3. The normalized spacial score (nSPS) is 9.70. The summed E-state index contributed by atoms with van der Waals surface area (Å²) in [6, 6.07) is 4.55.